The fourth-order valence-electron chi connectivity index (χ4n) is 15.7. The Morgan fingerprint density at radius 2 is 0.376 bits per heavy atom. The molecular weight excluding hydrogens is 1350 g/mol. The molecule has 0 aliphatic carbocycles. The van der Waals surface area contributed by atoms with Crippen molar-refractivity contribution in [1.82, 2.24) is 0 Å². The first kappa shape index (κ1) is 106. The fourth-order valence-corrected chi connectivity index (χ4v) is 15.7. The SMILES string of the molecule is CCCCCCCC/C=C\CCCCCCCC(=O)OC(C(CC(=O)OCCCCCCCCCCCCCCCCCC)C(=O)OCCCCCCCCCCCCCCCCCC)C(CC(=O)OCCCCCCCCCCCCCCCCCC)C(=O)OCCCCCCCCCCCCCCCCCC. The third-order valence-electron chi connectivity index (χ3n) is 23.1. The van der Waals surface area contributed by atoms with Crippen LogP contribution in [-0.4, -0.2) is 62.4 Å². The molecule has 0 aromatic rings. The molecule has 0 aliphatic heterocycles. The minimum Gasteiger partial charge on any atom is -0.466 e. The number of unbranched alkanes of at least 4 members (excludes halogenated alkanes) is 71. The second-order valence-electron chi connectivity index (χ2n) is 33.9. The molecule has 0 aromatic carbocycles. The molecule has 0 aliphatic rings. The summed E-state index contributed by atoms with van der Waals surface area (Å²) in [5.41, 5.74) is 0. The molecule has 0 amide bonds. The van der Waals surface area contributed by atoms with E-state index >= 15 is 0 Å². The zero-order chi connectivity index (χ0) is 79.0. The fraction of sp³-hybridized carbons (Fsp3) is 0.929. The Kier molecular flexibility index (Phi) is 88.2. The van der Waals surface area contributed by atoms with Gasteiger partial charge in [0, 0.05) is 6.42 Å². The van der Waals surface area contributed by atoms with Crippen molar-refractivity contribution in [1.29, 1.82) is 0 Å². The van der Waals surface area contributed by atoms with Gasteiger partial charge >= 0.3 is 29.8 Å². The Balaban J connectivity index is 6.45. The van der Waals surface area contributed by atoms with E-state index in [1.807, 2.05) is 0 Å². The highest BCUT2D eigenvalue weighted by Gasteiger charge is 2.45. The van der Waals surface area contributed by atoms with Crippen molar-refractivity contribution in [3.05, 3.63) is 12.2 Å². The van der Waals surface area contributed by atoms with E-state index in [4.69, 9.17) is 23.7 Å². The van der Waals surface area contributed by atoms with Crippen molar-refractivity contribution in [2.75, 3.05) is 26.4 Å². The zero-order valence-electron chi connectivity index (χ0n) is 73.9. The minimum atomic E-state index is -1.52. The third kappa shape index (κ3) is 80.1. The number of carbonyl (C=O) groups excluding carboxylic acids is 5. The molecule has 2 unspecified atom stereocenters. The van der Waals surface area contributed by atoms with Gasteiger partial charge in [-0.2, -0.15) is 0 Å². The first-order valence-corrected chi connectivity index (χ1v) is 49.2. The molecule has 644 valence electrons. The van der Waals surface area contributed by atoms with Gasteiger partial charge in [-0.25, -0.2) is 0 Å². The molecular formula is C99H188O10. The van der Waals surface area contributed by atoms with Gasteiger partial charge in [-0.15, -0.1) is 0 Å². The van der Waals surface area contributed by atoms with E-state index in [2.05, 4.69) is 46.8 Å². The Labute approximate surface area is 678 Å². The second-order valence-corrected chi connectivity index (χ2v) is 33.9. The summed E-state index contributed by atoms with van der Waals surface area (Å²) in [7, 11) is 0. The lowest BCUT2D eigenvalue weighted by atomic mass is 9.86. The van der Waals surface area contributed by atoms with Crippen LogP contribution in [0.2, 0.25) is 0 Å². The zero-order valence-corrected chi connectivity index (χ0v) is 73.9. The van der Waals surface area contributed by atoms with Crippen molar-refractivity contribution >= 4 is 29.8 Å². The Bertz CT molecular complexity index is 1790. The van der Waals surface area contributed by atoms with E-state index in [9.17, 15) is 24.0 Å². The predicted octanol–water partition coefficient (Wildman–Crippen LogP) is 32.2. The highest BCUT2D eigenvalue weighted by molar-refractivity contribution is 5.85. The first-order chi connectivity index (χ1) is 53.7. The monoisotopic (exact) mass is 1540 g/mol. The van der Waals surface area contributed by atoms with Gasteiger partial charge in [-0.3, -0.25) is 24.0 Å². The molecule has 0 spiro atoms. The number of ether oxygens (including phenoxy) is 5. The van der Waals surface area contributed by atoms with Crippen molar-refractivity contribution < 1.29 is 47.7 Å². The van der Waals surface area contributed by atoms with Gasteiger partial charge < -0.3 is 23.7 Å². The Morgan fingerprint density at radius 3 is 0.587 bits per heavy atom. The molecule has 0 fully saturated rings. The molecule has 0 saturated carbocycles. The van der Waals surface area contributed by atoms with Crippen molar-refractivity contribution in [3.63, 3.8) is 0 Å². The molecule has 0 rings (SSSR count). The summed E-state index contributed by atoms with van der Waals surface area (Å²) in [5, 5.41) is 0. The third-order valence-corrected chi connectivity index (χ3v) is 23.1. The maximum absolute atomic E-state index is 14.9. The van der Waals surface area contributed by atoms with Crippen LogP contribution >= 0.6 is 0 Å². The molecule has 109 heavy (non-hydrogen) atoms. The van der Waals surface area contributed by atoms with Crippen LogP contribution < -0.4 is 0 Å². The van der Waals surface area contributed by atoms with Crippen LogP contribution in [0, 0.1) is 11.8 Å². The molecule has 10 heteroatoms. The van der Waals surface area contributed by atoms with E-state index in [1.54, 1.807) is 0 Å². The summed E-state index contributed by atoms with van der Waals surface area (Å²) in [4.78, 5) is 72.6. The van der Waals surface area contributed by atoms with Crippen molar-refractivity contribution in [2.24, 2.45) is 11.8 Å². The van der Waals surface area contributed by atoms with Crippen molar-refractivity contribution in [3.8, 4) is 0 Å². The van der Waals surface area contributed by atoms with E-state index in [0.717, 1.165) is 116 Å². The first-order valence-electron chi connectivity index (χ1n) is 49.2. The minimum absolute atomic E-state index is 0.0734. The van der Waals surface area contributed by atoms with Gasteiger partial charge in [-0.1, -0.05) is 483 Å². The summed E-state index contributed by atoms with van der Waals surface area (Å²) in [6.07, 6.45) is 95.7. The van der Waals surface area contributed by atoms with Crippen LogP contribution in [-0.2, 0) is 47.7 Å². The van der Waals surface area contributed by atoms with E-state index in [-0.39, 0.29) is 32.8 Å². The quantitative estimate of drug-likeness (QED) is 0.0251. The molecule has 0 radical (unpaired) electrons. The van der Waals surface area contributed by atoms with Crippen LogP contribution in [0.5, 0.6) is 0 Å². The lowest BCUT2D eigenvalue weighted by Crippen LogP contribution is -2.45. The summed E-state index contributed by atoms with van der Waals surface area (Å²) >= 11 is 0. The number of carbonyl (C=O) groups is 5. The van der Waals surface area contributed by atoms with E-state index in [0.29, 0.717) is 32.1 Å². The van der Waals surface area contributed by atoms with Gasteiger partial charge in [0.25, 0.3) is 0 Å². The number of esters is 5. The maximum atomic E-state index is 14.9. The van der Waals surface area contributed by atoms with Crippen LogP contribution in [0.4, 0.5) is 0 Å². The van der Waals surface area contributed by atoms with Crippen LogP contribution in [0.3, 0.4) is 0 Å². The van der Waals surface area contributed by atoms with Gasteiger partial charge in [0.1, 0.15) is 17.9 Å². The summed E-state index contributed by atoms with van der Waals surface area (Å²) in [6, 6.07) is 0. The number of hydrogen-bond donors (Lipinski definition) is 0. The van der Waals surface area contributed by atoms with Crippen molar-refractivity contribution in [2.45, 2.75) is 554 Å². The number of hydrogen-bond acceptors (Lipinski definition) is 10. The molecule has 2 atom stereocenters. The second kappa shape index (κ2) is 90.6. The van der Waals surface area contributed by atoms with Gasteiger partial charge in [-0.05, 0) is 57.8 Å². The lowest BCUT2D eigenvalue weighted by Gasteiger charge is -2.30. The average Bonchev–Trinajstić information content (AvgIpc) is 0.822. The maximum Gasteiger partial charge on any atom is 0.313 e. The highest BCUT2D eigenvalue weighted by Crippen LogP contribution is 2.30. The molecule has 0 bridgehead atoms. The molecule has 0 N–H and O–H groups in total. The van der Waals surface area contributed by atoms with Gasteiger partial charge in [0.05, 0.1) is 39.3 Å². The molecule has 0 heterocycles. The summed E-state index contributed by atoms with van der Waals surface area (Å²) < 4.78 is 30.5. The normalized spacial score (nSPS) is 12.4. The standard InChI is InChI=1S/C99H188O10/c1-6-11-16-21-26-31-36-41-46-51-56-61-66-71-76-81-86-105-95(101)90-92(98(103)107-88-83-78-73-68-63-58-53-48-43-38-33-28-23-18-13-8-3)97(109-94(100)85-80-75-70-65-60-55-50-45-40-35-30-25-20-15-10-5)93(99(104)108-89-84-79-74-69-64-59-54-49-44-39-34-29-24-19-14-9-4)91-96(102)106-87-82-77-72-67-62-57-52-47-42-37-32-27-22-17-12-7-2/h45,50,92-93,97H,6-44,46-49,51-91H2,1-5H3/b50-45-. The number of rotatable bonds is 92. The van der Waals surface area contributed by atoms with Crippen LogP contribution in [0.25, 0.3) is 0 Å². The average molecular weight is 1540 g/mol. The molecule has 0 saturated heterocycles. The topological polar surface area (TPSA) is 132 Å². The van der Waals surface area contributed by atoms with Gasteiger partial charge in [0.15, 0.2) is 0 Å². The van der Waals surface area contributed by atoms with Gasteiger partial charge in [0.2, 0.25) is 0 Å². The lowest BCUT2D eigenvalue weighted by molar-refractivity contribution is -0.178. The Hall–Kier alpha value is -2.91. The highest BCUT2D eigenvalue weighted by atomic mass is 16.6. The molecule has 10 nitrogen and oxygen atoms in total. The van der Waals surface area contributed by atoms with E-state index in [1.165, 1.54) is 347 Å². The molecule has 0 aromatic heterocycles. The summed E-state index contributed by atoms with van der Waals surface area (Å²) in [6.45, 7) is 12.0. The van der Waals surface area contributed by atoms with Crippen LogP contribution in [0.15, 0.2) is 12.2 Å². The Morgan fingerprint density at radius 1 is 0.202 bits per heavy atom. The summed E-state index contributed by atoms with van der Waals surface area (Å²) in [5.74, 6) is -6.06. The van der Waals surface area contributed by atoms with E-state index < -0.39 is 60.6 Å². The number of allylic oxidation sites excluding steroid dienone is 2. The largest absolute Gasteiger partial charge is 0.466 e. The van der Waals surface area contributed by atoms with Crippen LogP contribution in [0.1, 0.15) is 548 Å². The smallest absolute Gasteiger partial charge is 0.313 e. The predicted molar refractivity (Wildman–Crippen MR) is 468 cm³/mol.